The van der Waals surface area contributed by atoms with Crippen LogP contribution in [0.4, 0.5) is 0 Å². The van der Waals surface area contributed by atoms with Gasteiger partial charge in [0.2, 0.25) is 0 Å². The van der Waals surface area contributed by atoms with Crippen LogP contribution in [-0.2, 0) is 10.2 Å². The van der Waals surface area contributed by atoms with Crippen molar-refractivity contribution in [2.24, 2.45) is 11.0 Å². The molecule has 0 saturated carbocycles. The molecule has 0 rings (SSSR count). The fraction of sp³-hybridized carbons (Fsp3) is 1.00. The van der Waals surface area contributed by atoms with Gasteiger partial charge in [-0.25, -0.2) is 5.14 Å². The van der Waals surface area contributed by atoms with Crippen LogP contribution < -0.4 is 16.3 Å². The van der Waals surface area contributed by atoms with Crippen molar-refractivity contribution in [3.63, 3.8) is 0 Å². The number of nitrogens with two attached hydrogens (primary N) is 2. The van der Waals surface area contributed by atoms with Gasteiger partial charge in [0.05, 0.1) is 0 Å². The van der Waals surface area contributed by atoms with E-state index in [2.05, 4.69) is 10.5 Å². The van der Waals surface area contributed by atoms with E-state index in [0.717, 1.165) is 0 Å². The monoisotopic (exact) mass is 168 g/mol. The summed E-state index contributed by atoms with van der Waals surface area (Å²) in [7, 11) is -2.01. The summed E-state index contributed by atoms with van der Waals surface area (Å²) < 4.78 is 21.4. The topological polar surface area (TPSA) is 101 Å². The Labute approximate surface area is 60.3 Å². The molecule has 0 atom stereocenters. The molecule has 6 nitrogen and oxygen atoms in total. The molecule has 0 saturated heterocycles. The summed E-state index contributed by atoms with van der Waals surface area (Å²) in [6, 6.07) is 0. The highest BCUT2D eigenvalue weighted by atomic mass is 32.2. The number of nitrogens with zero attached hydrogens (tertiary/aromatic N) is 1. The molecule has 0 fully saturated rings. The standard InChI is InChI=1S/C3H12N4O2S/c1-6-2-3-7(4)10(5,8)9/h6H,2-4H2,1H3,(H2,5,8,9). The second-order valence-electron chi connectivity index (χ2n) is 1.76. The lowest BCUT2D eigenvalue weighted by Crippen LogP contribution is -2.45. The van der Waals surface area contributed by atoms with Crippen molar-refractivity contribution in [1.29, 1.82) is 0 Å². The van der Waals surface area contributed by atoms with Crippen molar-refractivity contribution in [1.82, 2.24) is 9.73 Å². The van der Waals surface area contributed by atoms with E-state index >= 15 is 0 Å². The third-order valence-corrected chi connectivity index (χ3v) is 1.75. The third-order valence-electron chi connectivity index (χ3n) is 0.909. The lowest BCUT2D eigenvalue weighted by molar-refractivity contribution is 0.425. The molecule has 0 radical (unpaired) electrons. The summed E-state index contributed by atoms with van der Waals surface area (Å²) in [4.78, 5) is 0. The SMILES string of the molecule is CNCCN(N)S(N)(=O)=O. The van der Waals surface area contributed by atoms with E-state index < -0.39 is 10.2 Å². The van der Waals surface area contributed by atoms with Crippen LogP contribution in [-0.4, -0.2) is 33.0 Å². The molecule has 0 heterocycles. The van der Waals surface area contributed by atoms with Gasteiger partial charge in [0, 0.05) is 13.1 Å². The Balaban J connectivity index is 3.75. The molecule has 5 N–H and O–H groups in total. The van der Waals surface area contributed by atoms with E-state index in [1.54, 1.807) is 7.05 Å². The van der Waals surface area contributed by atoms with Gasteiger partial charge in [-0.1, -0.05) is 0 Å². The highest BCUT2D eigenvalue weighted by Gasteiger charge is 2.09. The van der Waals surface area contributed by atoms with Crippen LogP contribution in [0.25, 0.3) is 0 Å². The lowest BCUT2D eigenvalue weighted by Gasteiger charge is -2.11. The fourth-order valence-corrected chi connectivity index (χ4v) is 0.695. The van der Waals surface area contributed by atoms with E-state index in [9.17, 15) is 8.42 Å². The van der Waals surface area contributed by atoms with Crippen molar-refractivity contribution in [2.75, 3.05) is 20.1 Å². The zero-order chi connectivity index (χ0) is 8.20. The van der Waals surface area contributed by atoms with Gasteiger partial charge in [-0.15, -0.1) is 4.41 Å². The van der Waals surface area contributed by atoms with E-state index in [1.165, 1.54) is 0 Å². The van der Waals surface area contributed by atoms with Gasteiger partial charge in [-0.3, -0.25) is 5.84 Å². The molecule has 0 aliphatic rings. The first kappa shape index (κ1) is 9.79. The van der Waals surface area contributed by atoms with Crippen molar-refractivity contribution < 1.29 is 8.42 Å². The molecule has 0 amide bonds. The number of likely N-dealkylation sites (N-methyl/N-ethyl adjacent to an activating group) is 1. The van der Waals surface area contributed by atoms with E-state index in [-0.39, 0.29) is 6.54 Å². The summed E-state index contributed by atoms with van der Waals surface area (Å²) in [5, 5.41) is 7.39. The van der Waals surface area contributed by atoms with Gasteiger partial charge in [0.1, 0.15) is 0 Å². The van der Waals surface area contributed by atoms with Crippen LogP contribution in [0, 0.1) is 0 Å². The Morgan fingerprint density at radius 3 is 2.40 bits per heavy atom. The Kier molecular flexibility index (Phi) is 3.76. The van der Waals surface area contributed by atoms with Crippen LogP contribution in [0.2, 0.25) is 0 Å². The molecule has 62 valence electrons. The summed E-state index contributed by atoms with van der Waals surface area (Å²) in [6.07, 6.45) is 0. The molecule has 0 aromatic heterocycles. The average Bonchev–Trinajstić information content (AvgIpc) is 1.80. The summed E-state index contributed by atoms with van der Waals surface area (Å²) >= 11 is 0. The number of hydrogen-bond acceptors (Lipinski definition) is 4. The van der Waals surface area contributed by atoms with Crippen LogP contribution in [0.3, 0.4) is 0 Å². The number of hydrazine groups is 1. The maximum Gasteiger partial charge on any atom is 0.289 e. The summed E-state index contributed by atoms with van der Waals surface area (Å²) in [6.45, 7) is 0.655. The first-order valence-electron chi connectivity index (χ1n) is 2.68. The minimum absolute atomic E-state index is 0.176. The molecule has 0 aliphatic carbocycles. The number of hydrogen-bond donors (Lipinski definition) is 3. The average molecular weight is 168 g/mol. The maximum atomic E-state index is 10.4. The van der Waals surface area contributed by atoms with Crippen molar-refractivity contribution in [2.45, 2.75) is 0 Å². The minimum atomic E-state index is -3.70. The molecule has 0 bridgehead atoms. The van der Waals surface area contributed by atoms with Gasteiger partial charge in [-0.05, 0) is 7.05 Å². The van der Waals surface area contributed by atoms with E-state index in [1.807, 2.05) is 0 Å². The van der Waals surface area contributed by atoms with Gasteiger partial charge < -0.3 is 5.32 Å². The van der Waals surface area contributed by atoms with Gasteiger partial charge in [0.15, 0.2) is 0 Å². The second-order valence-corrected chi connectivity index (χ2v) is 3.26. The fourth-order valence-electron chi connectivity index (χ4n) is 0.349. The predicted molar refractivity (Wildman–Crippen MR) is 37.9 cm³/mol. The Hall–Kier alpha value is -0.210. The molecule has 0 aromatic carbocycles. The molecule has 0 unspecified atom stereocenters. The van der Waals surface area contributed by atoms with Crippen LogP contribution in [0.5, 0.6) is 0 Å². The van der Waals surface area contributed by atoms with E-state index in [0.29, 0.717) is 11.0 Å². The minimum Gasteiger partial charge on any atom is -0.318 e. The highest BCUT2D eigenvalue weighted by molar-refractivity contribution is 7.86. The molecular weight excluding hydrogens is 156 g/mol. The first-order valence-corrected chi connectivity index (χ1v) is 4.18. The predicted octanol–water partition coefficient (Wildman–Crippen LogP) is -2.41. The van der Waals surface area contributed by atoms with Gasteiger partial charge in [0.25, 0.3) is 10.2 Å². The smallest absolute Gasteiger partial charge is 0.289 e. The largest absolute Gasteiger partial charge is 0.318 e. The highest BCUT2D eigenvalue weighted by Crippen LogP contribution is 1.81. The first-order chi connectivity index (χ1) is 4.48. The van der Waals surface area contributed by atoms with Crippen molar-refractivity contribution >= 4 is 10.2 Å². The molecule has 0 spiro atoms. The zero-order valence-corrected chi connectivity index (χ0v) is 6.56. The van der Waals surface area contributed by atoms with E-state index in [4.69, 9.17) is 5.84 Å². The molecule has 7 heteroatoms. The van der Waals surface area contributed by atoms with Crippen LogP contribution >= 0.6 is 0 Å². The normalized spacial score (nSPS) is 12.4. The number of rotatable bonds is 4. The Morgan fingerprint density at radius 1 is 1.60 bits per heavy atom. The molecule has 0 aromatic rings. The van der Waals surface area contributed by atoms with Crippen molar-refractivity contribution in [3.8, 4) is 0 Å². The molecule has 0 aliphatic heterocycles. The van der Waals surface area contributed by atoms with Crippen LogP contribution in [0.1, 0.15) is 0 Å². The maximum absolute atomic E-state index is 10.4. The van der Waals surface area contributed by atoms with Crippen molar-refractivity contribution in [3.05, 3.63) is 0 Å². The quantitative estimate of drug-likeness (QED) is 0.321. The lowest BCUT2D eigenvalue weighted by atomic mass is 10.7. The Morgan fingerprint density at radius 2 is 2.10 bits per heavy atom. The van der Waals surface area contributed by atoms with Gasteiger partial charge >= 0.3 is 0 Å². The third kappa shape index (κ3) is 3.75. The molecular formula is C3H12N4O2S. The van der Waals surface area contributed by atoms with Gasteiger partial charge in [-0.2, -0.15) is 8.42 Å². The second kappa shape index (κ2) is 3.84. The summed E-state index contributed by atoms with van der Waals surface area (Å²) in [5.41, 5.74) is 0. The Bertz CT molecular complexity index is 177. The molecule has 10 heavy (non-hydrogen) atoms. The number of nitrogens with one attached hydrogen (secondary N) is 1. The summed E-state index contributed by atoms with van der Waals surface area (Å²) in [5.74, 6) is 5.02. The van der Waals surface area contributed by atoms with Crippen LogP contribution in [0.15, 0.2) is 0 Å². The zero-order valence-electron chi connectivity index (χ0n) is 5.74.